The number of halogens is 1. The third-order valence-electron chi connectivity index (χ3n) is 4.61. The zero-order valence-electron chi connectivity index (χ0n) is 11.9. The zero-order chi connectivity index (χ0) is 14.2. The number of pyridine rings is 1. The average Bonchev–Trinajstić information content (AvgIpc) is 2.75. The molecule has 0 spiro atoms. The lowest BCUT2D eigenvalue weighted by Gasteiger charge is -2.36. The Morgan fingerprint density at radius 2 is 2.05 bits per heavy atom. The van der Waals surface area contributed by atoms with E-state index in [9.17, 15) is 0 Å². The predicted octanol–water partition coefficient (Wildman–Crippen LogP) is 3.81. The van der Waals surface area contributed by atoms with Gasteiger partial charge in [-0.25, -0.2) is 9.97 Å². The van der Waals surface area contributed by atoms with E-state index in [1.165, 1.54) is 42.9 Å². The normalized spacial score (nSPS) is 19.9. The molecular formula is C16H18ClN3S. The maximum Gasteiger partial charge on any atom is 0.129 e. The van der Waals surface area contributed by atoms with E-state index in [2.05, 4.69) is 9.88 Å². The molecule has 2 aliphatic rings. The summed E-state index contributed by atoms with van der Waals surface area (Å²) in [6, 6.07) is 4.69. The minimum absolute atomic E-state index is 0.535. The molecule has 0 saturated heterocycles. The van der Waals surface area contributed by atoms with E-state index < -0.39 is 0 Å². The number of hydrogen-bond acceptors (Lipinski definition) is 4. The van der Waals surface area contributed by atoms with Gasteiger partial charge >= 0.3 is 0 Å². The van der Waals surface area contributed by atoms with Gasteiger partial charge in [0, 0.05) is 42.2 Å². The third kappa shape index (κ3) is 2.72. The lowest BCUT2D eigenvalue weighted by atomic mass is 9.91. The summed E-state index contributed by atoms with van der Waals surface area (Å²) in [6.07, 6.45) is 8.25. The Bertz CT molecular complexity index is 608. The largest absolute Gasteiger partial charge is 0.300 e. The Morgan fingerprint density at radius 1 is 1.19 bits per heavy atom. The van der Waals surface area contributed by atoms with E-state index in [-0.39, 0.29) is 0 Å². The Hall–Kier alpha value is -0.970. The summed E-state index contributed by atoms with van der Waals surface area (Å²) in [7, 11) is 0. The van der Waals surface area contributed by atoms with Crippen LogP contribution in [0.2, 0.25) is 5.15 Å². The van der Waals surface area contributed by atoms with E-state index >= 15 is 0 Å². The summed E-state index contributed by atoms with van der Waals surface area (Å²) >= 11 is 7.68. The van der Waals surface area contributed by atoms with Crippen LogP contribution < -0.4 is 0 Å². The summed E-state index contributed by atoms with van der Waals surface area (Å²) < 4.78 is 0. The summed E-state index contributed by atoms with van der Waals surface area (Å²) in [5.41, 5.74) is 2.38. The van der Waals surface area contributed by atoms with Crippen molar-refractivity contribution in [1.29, 1.82) is 0 Å². The highest BCUT2D eigenvalue weighted by Crippen LogP contribution is 2.32. The predicted molar refractivity (Wildman–Crippen MR) is 87.0 cm³/mol. The molecule has 5 heteroatoms. The Labute approximate surface area is 134 Å². The lowest BCUT2D eigenvalue weighted by molar-refractivity contribution is 0.133. The molecule has 0 N–H and O–H groups in total. The van der Waals surface area contributed by atoms with Crippen LogP contribution in [-0.4, -0.2) is 34.0 Å². The topological polar surface area (TPSA) is 29.0 Å². The van der Waals surface area contributed by atoms with E-state index in [1.807, 2.05) is 29.7 Å². The van der Waals surface area contributed by atoms with Crippen molar-refractivity contribution in [2.24, 2.45) is 0 Å². The van der Waals surface area contributed by atoms with Gasteiger partial charge in [0.15, 0.2) is 0 Å². The monoisotopic (exact) mass is 319 g/mol. The van der Waals surface area contributed by atoms with Crippen molar-refractivity contribution in [3.05, 3.63) is 34.1 Å². The van der Waals surface area contributed by atoms with Crippen molar-refractivity contribution >= 4 is 22.9 Å². The first-order valence-electron chi connectivity index (χ1n) is 7.64. The Kier molecular flexibility index (Phi) is 3.69. The second-order valence-electron chi connectivity index (χ2n) is 5.88. The molecule has 1 saturated carbocycles. The van der Waals surface area contributed by atoms with Gasteiger partial charge in [-0.2, -0.15) is 0 Å². The van der Waals surface area contributed by atoms with E-state index in [0.717, 1.165) is 29.5 Å². The highest BCUT2D eigenvalue weighted by Gasteiger charge is 2.27. The van der Waals surface area contributed by atoms with Gasteiger partial charge in [-0.3, -0.25) is 4.90 Å². The number of fused-ring (bicyclic) bond motifs is 1. The van der Waals surface area contributed by atoms with Crippen molar-refractivity contribution in [2.45, 2.75) is 38.1 Å². The molecule has 21 heavy (non-hydrogen) atoms. The van der Waals surface area contributed by atoms with Crippen LogP contribution in [0, 0.1) is 0 Å². The zero-order valence-corrected chi connectivity index (χ0v) is 13.5. The molecule has 3 nitrogen and oxygen atoms in total. The number of nitrogens with zero attached hydrogens (tertiary/aromatic N) is 3. The van der Waals surface area contributed by atoms with Crippen LogP contribution in [-0.2, 0) is 12.8 Å². The molecule has 0 bridgehead atoms. The molecule has 2 aromatic heterocycles. The van der Waals surface area contributed by atoms with Gasteiger partial charge in [0.25, 0.3) is 0 Å². The van der Waals surface area contributed by atoms with Gasteiger partial charge in [0.2, 0.25) is 0 Å². The second kappa shape index (κ2) is 5.67. The van der Waals surface area contributed by atoms with Crippen LogP contribution >= 0.6 is 22.9 Å². The fourth-order valence-electron chi connectivity index (χ4n) is 3.12. The molecule has 1 aliphatic heterocycles. The first kappa shape index (κ1) is 13.7. The molecular weight excluding hydrogens is 302 g/mol. The van der Waals surface area contributed by atoms with Crippen molar-refractivity contribution in [1.82, 2.24) is 14.9 Å². The van der Waals surface area contributed by atoms with Gasteiger partial charge < -0.3 is 0 Å². The van der Waals surface area contributed by atoms with Crippen LogP contribution in [0.3, 0.4) is 0 Å². The lowest BCUT2D eigenvalue weighted by Crippen LogP contribution is -2.41. The van der Waals surface area contributed by atoms with E-state index in [1.54, 1.807) is 0 Å². The maximum absolute atomic E-state index is 5.85. The molecule has 3 heterocycles. The van der Waals surface area contributed by atoms with Crippen LogP contribution in [0.25, 0.3) is 10.6 Å². The summed E-state index contributed by atoms with van der Waals surface area (Å²) in [5, 5.41) is 1.62. The first-order valence-corrected chi connectivity index (χ1v) is 8.83. The smallest absolute Gasteiger partial charge is 0.129 e. The number of rotatable bonds is 2. The molecule has 1 aliphatic carbocycles. The van der Waals surface area contributed by atoms with Crippen LogP contribution in [0.4, 0.5) is 0 Å². The molecule has 0 amide bonds. The Balaban J connectivity index is 1.53. The second-order valence-corrected chi connectivity index (χ2v) is 7.35. The number of hydrogen-bond donors (Lipinski definition) is 0. The fourth-order valence-corrected chi connectivity index (χ4v) is 4.32. The molecule has 0 unspecified atom stereocenters. The van der Waals surface area contributed by atoms with Gasteiger partial charge in [0.1, 0.15) is 10.2 Å². The van der Waals surface area contributed by atoms with Gasteiger partial charge in [-0.15, -0.1) is 11.3 Å². The average molecular weight is 320 g/mol. The summed E-state index contributed by atoms with van der Waals surface area (Å²) in [4.78, 5) is 13.1. The number of aromatic nitrogens is 2. The third-order valence-corrected chi connectivity index (χ3v) is 6.04. The van der Waals surface area contributed by atoms with Crippen molar-refractivity contribution in [3.8, 4) is 10.6 Å². The van der Waals surface area contributed by atoms with Crippen LogP contribution in [0.15, 0.2) is 18.3 Å². The van der Waals surface area contributed by atoms with Gasteiger partial charge in [-0.05, 0) is 31.4 Å². The van der Waals surface area contributed by atoms with Gasteiger partial charge in [-0.1, -0.05) is 18.0 Å². The molecule has 110 valence electrons. The standard InChI is InChI=1S/C16H18ClN3S/c17-15-5-4-11(10-18-15)16-19-13-6-8-20(12-2-1-3-12)9-7-14(13)21-16/h4-5,10,12H,1-3,6-9H2. The van der Waals surface area contributed by atoms with Crippen LogP contribution in [0.1, 0.15) is 29.8 Å². The molecule has 0 aromatic carbocycles. The van der Waals surface area contributed by atoms with E-state index in [0.29, 0.717) is 5.15 Å². The minimum atomic E-state index is 0.535. The minimum Gasteiger partial charge on any atom is -0.300 e. The summed E-state index contributed by atoms with van der Waals surface area (Å²) in [5.74, 6) is 0. The van der Waals surface area contributed by atoms with Crippen molar-refractivity contribution in [3.63, 3.8) is 0 Å². The highest BCUT2D eigenvalue weighted by molar-refractivity contribution is 7.15. The van der Waals surface area contributed by atoms with Gasteiger partial charge in [0.05, 0.1) is 5.69 Å². The van der Waals surface area contributed by atoms with Crippen molar-refractivity contribution < 1.29 is 0 Å². The SMILES string of the molecule is Clc1ccc(-c2nc3c(s2)CCN(C2CCC2)CC3)cn1. The van der Waals surface area contributed by atoms with Crippen molar-refractivity contribution in [2.75, 3.05) is 13.1 Å². The summed E-state index contributed by atoms with van der Waals surface area (Å²) in [6.45, 7) is 2.36. The molecule has 0 atom stereocenters. The quantitative estimate of drug-likeness (QED) is 0.788. The number of thiazole rings is 1. The maximum atomic E-state index is 5.85. The molecule has 0 radical (unpaired) electrons. The van der Waals surface area contributed by atoms with E-state index in [4.69, 9.17) is 16.6 Å². The highest BCUT2D eigenvalue weighted by atomic mass is 35.5. The Morgan fingerprint density at radius 3 is 2.76 bits per heavy atom. The molecule has 2 aromatic rings. The first-order chi connectivity index (χ1) is 10.3. The molecule has 1 fully saturated rings. The van der Waals surface area contributed by atoms with Crippen LogP contribution in [0.5, 0.6) is 0 Å². The molecule has 4 rings (SSSR count). The fraction of sp³-hybridized carbons (Fsp3) is 0.500.